The van der Waals surface area contributed by atoms with Gasteiger partial charge < -0.3 is 19.2 Å². The van der Waals surface area contributed by atoms with Crippen LogP contribution in [0.15, 0.2) is 65.8 Å². The predicted molar refractivity (Wildman–Crippen MR) is 227 cm³/mol. The zero-order valence-electron chi connectivity index (χ0n) is 35.6. The van der Waals surface area contributed by atoms with Crippen LogP contribution in [0.1, 0.15) is 144 Å². The Kier molecular flexibility index (Phi) is 10.9. The van der Waals surface area contributed by atoms with Gasteiger partial charge >= 0.3 is 21.1 Å². The Bertz CT molecular complexity index is 2230. The molecule has 0 spiro atoms. The minimum Gasteiger partial charge on any atom is -0.503 e. The molecule has 1 saturated carbocycles. The van der Waals surface area contributed by atoms with Gasteiger partial charge in [0.15, 0.2) is 0 Å². The van der Waals surface area contributed by atoms with Gasteiger partial charge in [-0.1, -0.05) is 132 Å². The van der Waals surface area contributed by atoms with Crippen molar-refractivity contribution in [2.45, 2.75) is 150 Å². The number of benzene rings is 3. The molecule has 1 aliphatic carbocycles. The monoisotopic (exact) mass is 917 g/mol. The molecule has 6 heteroatoms. The summed E-state index contributed by atoms with van der Waals surface area (Å²) in [6, 6.07) is 27.9. The summed E-state index contributed by atoms with van der Waals surface area (Å²) in [6.45, 7) is 30.6. The third kappa shape index (κ3) is 8.07. The van der Waals surface area contributed by atoms with E-state index in [9.17, 15) is 0 Å². The summed E-state index contributed by atoms with van der Waals surface area (Å²) < 4.78 is 9.10. The fourth-order valence-electron chi connectivity index (χ4n) is 8.02. The van der Waals surface area contributed by atoms with Crippen LogP contribution in [0.4, 0.5) is 0 Å². The molecule has 0 amide bonds. The number of aromatic nitrogens is 2. The van der Waals surface area contributed by atoms with Gasteiger partial charge in [0, 0.05) is 41.6 Å². The van der Waals surface area contributed by atoms with Crippen LogP contribution in [0.3, 0.4) is 0 Å². The minimum atomic E-state index is -0.205. The summed E-state index contributed by atoms with van der Waals surface area (Å²) in [5.74, 6) is 3.29. The second-order valence-corrected chi connectivity index (χ2v) is 20.4. The average Bonchev–Trinajstić information content (AvgIpc) is 3.63. The van der Waals surface area contributed by atoms with Gasteiger partial charge in [-0.2, -0.15) is 6.07 Å². The first kappa shape index (κ1) is 41.2. The summed E-state index contributed by atoms with van der Waals surface area (Å²) in [5, 5.41) is 2.32. The summed E-state index contributed by atoms with van der Waals surface area (Å²) in [4.78, 5) is 13.1. The van der Waals surface area contributed by atoms with E-state index < -0.39 is 0 Å². The third-order valence-electron chi connectivity index (χ3n) is 12.3. The molecule has 55 heavy (non-hydrogen) atoms. The molecule has 7 rings (SSSR count). The zero-order chi connectivity index (χ0) is 39.0. The molecule has 0 bridgehead atoms. The molecular weight excluding hydrogens is 856 g/mol. The Balaban J connectivity index is 0.00000514. The molecule has 0 saturated heterocycles. The molecule has 0 radical (unpaired) electrons. The summed E-state index contributed by atoms with van der Waals surface area (Å²) in [5.41, 5.74) is 6.53. The van der Waals surface area contributed by atoms with E-state index in [-0.39, 0.29) is 48.3 Å². The molecule has 0 N–H and O–H groups in total. The average molecular weight is 918 g/mol. The van der Waals surface area contributed by atoms with Crippen molar-refractivity contribution in [3.8, 4) is 17.3 Å². The number of aliphatic imine (C=N–C) groups is 1. The van der Waals surface area contributed by atoms with Gasteiger partial charge in [0.1, 0.15) is 5.82 Å². The molecule has 1 aliphatic heterocycles. The van der Waals surface area contributed by atoms with Gasteiger partial charge in [-0.15, -0.1) is 34.7 Å². The van der Waals surface area contributed by atoms with E-state index in [4.69, 9.17) is 14.7 Å². The SMILES string of the molecule is CC(C)(C)c1cc(Oc2[c-]c3c(cc2)c2cc(C(C)(C)C)ccc2n3-c2cc(C(C)(C)C)ccn2)[c-]c(C2=N[C@](C)(C(C)(C)C)CN2C2CCCCC2)c1.[Pt+2]. The fraction of sp³-hybridized carbons (Fsp3) is 0.510. The van der Waals surface area contributed by atoms with E-state index in [0.29, 0.717) is 17.5 Å². The van der Waals surface area contributed by atoms with Gasteiger partial charge in [-0.05, 0) is 76.1 Å². The first-order chi connectivity index (χ1) is 25.1. The van der Waals surface area contributed by atoms with Gasteiger partial charge in [0.25, 0.3) is 0 Å². The van der Waals surface area contributed by atoms with Crippen molar-refractivity contribution >= 4 is 27.6 Å². The van der Waals surface area contributed by atoms with Crippen LogP contribution in [0, 0.1) is 17.5 Å². The fourth-order valence-corrected chi connectivity index (χ4v) is 8.02. The first-order valence-electron chi connectivity index (χ1n) is 20.2. The van der Waals surface area contributed by atoms with Crippen LogP contribution in [-0.2, 0) is 37.3 Å². The van der Waals surface area contributed by atoms with E-state index in [1.165, 1.54) is 54.2 Å². The molecule has 5 aromatic rings. The van der Waals surface area contributed by atoms with E-state index in [1.54, 1.807) is 0 Å². The molecule has 294 valence electrons. The number of hydrogen-bond donors (Lipinski definition) is 0. The van der Waals surface area contributed by atoms with Gasteiger partial charge in [-0.3, -0.25) is 0 Å². The van der Waals surface area contributed by atoms with Crippen LogP contribution in [0.25, 0.3) is 27.6 Å². The number of pyridine rings is 1. The predicted octanol–water partition coefficient (Wildman–Crippen LogP) is 12.7. The van der Waals surface area contributed by atoms with Gasteiger partial charge in [0.05, 0.1) is 5.54 Å². The van der Waals surface area contributed by atoms with Crippen molar-refractivity contribution in [1.82, 2.24) is 14.5 Å². The van der Waals surface area contributed by atoms with Crippen LogP contribution in [0.5, 0.6) is 11.5 Å². The van der Waals surface area contributed by atoms with Crippen molar-refractivity contribution in [1.29, 1.82) is 0 Å². The van der Waals surface area contributed by atoms with Crippen molar-refractivity contribution < 1.29 is 25.8 Å². The number of hydrogen-bond acceptors (Lipinski definition) is 4. The minimum absolute atomic E-state index is 0. The van der Waals surface area contributed by atoms with Crippen LogP contribution in [-0.4, -0.2) is 38.4 Å². The molecule has 1 fully saturated rings. The molecule has 3 aromatic carbocycles. The first-order valence-corrected chi connectivity index (χ1v) is 20.2. The summed E-state index contributed by atoms with van der Waals surface area (Å²) in [6.07, 6.45) is 8.25. The van der Waals surface area contributed by atoms with Crippen molar-refractivity contribution in [2.24, 2.45) is 10.4 Å². The van der Waals surface area contributed by atoms with Crippen molar-refractivity contribution in [3.05, 3.63) is 95.2 Å². The second kappa shape index (κ2) is 14.5. The maximum atomic E-state index is 6.85. The van der Waals surface area contributed by atoms with Gasteiger partial charge in [0.2, 0.25) is 0 Å². The summed E-state index contributed by atoms with van der Waals surface area (Å²) >= 11 is 0. The smallest absolute Gasteiger partial charge is 0.503 e. The largest absolute Gasteiger partial charge is 2.00 e. The number of nitrogens with zero attached hydrogens (tertiary/aromatic N) is 4. The maximum absolute atomic E-state index is 6.85. The molecule has 1 atom stereocenters. The van der Waals surface area contributed by atoms with E-state index in [1.807, 2.05) is 6.20 Å². The Morgan fingerprint density at radius 1 is 0.691 bits per heavy atom. The normalized spacial score (nSPS) is 18.9. The van der Waals surface area contributed by atoms with E-state index in [0.717, 1.165) is 40.2 Å². The van der Waals surface area contributed by atoms with E-state index in [2.05, 4.69) is 166 Å². The third-order valence-corrected chi connectivity index (χ3v) is 12.3. The maximum Gasteiger partial charge on any atom is 2.00 e. The Morgan fingerprint density at radius 3 is 1.98 bits per heavy atom. The molecule has 5 nitrogen and oxygen atoms in total. The Hall–Kier alpha value is -3.43. The number of ether oxygens (including phenoxy) is 1. The van der Waals surface area contributed by atoms with Crippen molar-refractivity contribution in [2.75, 3.05) is 6.54 Å². The number of rotatable bonds is 5. The summed E-state index contributed by atoms with van der Waals surface area (Å²) in [7, 11) is 0. The standard InChI is InChI=1S/C49H62N4O.Pt/c1-45(2,3)33-19-22-41-40(28-33)39-21-20-37(30-42(39)53(41)43-29-34(23-24-50-43)46(4,5)6)54-38-26-32(25-35(27-38)47(7,8)9)44-51-49(13,48(10,11)12)31-52(44)36-17-15-14-16-18-36;/h19-25,27-29,36H,14-18,31H2,1-13H3;/q-2;+2/t49-;/m0./s1. The van der Waals surface area contributed by atoms with Crippen molar-refractivity contribution in [3.63, 3.8) is 0 Å². The number of fused-ring (bicyclic) bond motifs is 3. The quantitative estimate of drug-likeness (QED) is 0.165. The topological polar surface area (TPSA) is 42.6 Å². The Morgan fingerprint density at radius 2 is 1.35 bits per heavy atom. The van der Waals surface area contributed by atoms with Crippen LogP contribution in [0.2, 0.25) is 0 Å². The molecule has 2 aromatic heterocycles. The van der Waals surface area contributed by atoms with E-state index >= 15 is 0 Å². The molecule has 3 heterocycles. The molecule has 2 aliphatic rings. The Labute approximate surface area is 345 Å². The zero-order valence-corrected chi connectivity index (χ0v) is 37.9. The molecule has 0 unspecified atom stereocenters. The molecular formula is C49H62N4OPt. The van der Waals surface area contributed by atoms with Crippen LogP contribution >= 0.6 is 0 Å². The van der Waals surface area contributed by atoms with Gasteiger partial charge in [-0.25, -0.2) is 4.98 Å². The number of amidine groups is 1. The second-order valence-electron chi connectivity index (χ2n) is 20.4. The van der Waals surface area contributed by atoms with Crippen LogP contribution < -0.4 is 4.74 Å².